The van der Waals surface area contributed by atoms with Crippen LogP contribution in [0.2, 0.25) is 10.0 Å². The Morgan fingerprint density at radius 3 is 1.77 bits per heavy atom. The van der Waals surface area contributed by atoms with E-state index < -0.39 is 10.1 Å². The Kier molecular flexibility index (Phi) is 7.12. The summed E-state index contributed by atoms with van der Waals surface area (Å²) < 4.78 is 25.9. The maximum Gasteiger partial charge on any atom is 0.261 e. The Bertz CT molecular complexity index is 681. The summed E-state index contributed by atoms with van der Waals surface area (Å²) in [6, 6.07) is 15.0. The molecule has 5 nitrogen and oxygen atoms in total. The van der Waals surface area contributed by atoms with Crippen LogP contribution in [-0.4, -0.2) is 19.2 Å². The number of hydrazine groups is 1. The van der Waals surface area contributed by atoms with Crippen LogP contribution >= 0.6 is 23.2 Å². The molecule has 120 valence electrons. The molecule has 0 unspecified atom stereocenters. The zero-order valence-electron chi connectivity index (χ0n) is 11.8. The summed E-state index contributed by atoms with van der Waals surface area (Å²) in [5.74, 6) is 5.97. The van der Waals surface area contributed by atoms with E-state index in [2.05, 4.69) is 0 Å². The van der Waals surface area contributed by atoms with Gasteiger partial charge in [-0.2, -0.15) is 8.42 Å². The van der Waals surface area contributed by atoms with Gasteiger partial charge in [0.2, 0.25) is 0 Å². The number of benzene rings is 2. The second-order valence-corrected chi connectivity index (χ2v) is 6.80. The summed E-state index contributed by atoms with van der Waals surface area (Å²) in [6.45, 7) is 0.624. The molecule has 0 bridgehead atoms. The molecule has 0 saturated heterocycles. The molecule has 8 heteroatoms. The molecule has 0 fully saturated rings. The van der Waals surface area contributed by atoms with Crippen molar-refractivity contribution >= 4 is 39.0 Å². The average molecular weight is 363 g/mol. The monoisotopic (exact) mass is 362 g/mol. The van der Waals surface area contributed by atoms with Crippen molar-refractivity contribution in [3.8, 4) is 0 Å². The number of nitrogens with two attached hydrogens (primary N) is 1. The lowest BCUT2D eigenvalue weighted by atomic mass is 10.2. The summed E-state index contributed by atoms with van der Waals surface area (Å²) in [6.07, 6.45) is 0.715. The molecule has 0 spiro atoms. The molecule has 2 aromatic rings. The van der Waals surface area contributed by atoms with Crippen LogP contribution in [0.15, 0.2) is 48.5 Å². The fourth-order valence-corrected chi connectivity index (χ4v) is 1.76. The molecular formula is C14H16Cl2N2O3S. The van der Waals surface area contributed by atoms with Crippen LogP contribution in [0.5, 0.6) is 0 Å². The maximum absolute atomic E-state index is 9.19. The summed E-state index contributed by atoms with van der Waals surface area (Å²) in [5.41, 5.74) is 2.02. The fraction of sp³-hybridized carbons (Fsp3) is 0.143. The smallest absolute Gasteiger partial charge is 0.261 e. The third-order valence-corrected chi connectivity index (χ3v) is 2.93. The van der Waals surface area contributed by atoms with Gasteiger partial charge in [0.25, 0.3) is 10.1 Å². The fourth-order valence-electron chi connectivity index (χ4n) is 1.51. The summed E-state index contributed by atoms with van der Waals surface area (Å²) in [7, 11) is -3.67. The molecule has 0 radical (unpaired) electrons. The molecule has 0 aliphatic heterocycles. The number of halogens is 2. The van der Waals surface area contributed by atoms with Gasteiger partial charge in [-0.1, -0.05) is 35.3 Å². The molecule has 22 heavy (non-hydrogen) atoms. The standard InChI is InChI=1S/C13H12Cl2N2.CH4O3S/c14-11-3-1-10(2-4-11)9-17(16)13-7-5-12(15)6-8-13;1-5(2,3)4/h1-8H,9,16H2;1H3,(H,2,3,4). The van der Waals surface area contributed by atoms with E-state index in [1.807, 2.05) is 48.5 Å². The normalized spacial score (nSPS) is 10.6. The maximum atomic E-state index is 9.19. The van der Waals surface area contributed by atoms with Crippen LogP contribution in [0, 0.1) is 0 Å². The second kappa shape index (κ2) is 8.36. The Hall–Kier alpha value is -1.31. The van der Waals surface area contributed by atoms with Crippen molar-refractivity contribution in [3.05, 3.63) is 64.1 Å². The molecular weight excluding hydrogens is 347 g/mol. The van der Waals surface area contributed by atoms with Crippen molar-refractivity contribution < 1.29 is 13.0 Å². The van der Waals surface area contributed by atoms with Crippen LogP contribution in [-0.2, 0) is 16.7 Å². The zero-order chi connectivity index (χ0) is 16.8. The van der Waals surface area contributed by atoms with Crippen molar-refractivity contribution in [1.29, 1.82) is 0 Å². The molecule has 0 atom stereocenters. The van der Waals surface area contributed by atoms with Crippen molar-refractivity contribution in [2.45, 2.75) is 6.54 Å². The Morgan fingerprint density at radius 1 is 1.00 bits per heavy atom. The first kappa shape index (κ1) is 18.7. The van der Waals surface area contributed by atoms with E-state index in [1.54, 1.807) is 5.01 Å². The van der Waals surface area contributed by atoms with Gasteiger partial charge in [0.1, 0.15) is 0 Å². The minimum atomic E-state index is -3.67. The molecule has 0 aliphatic carbocycles. The van der Waals surface area contributed by atoms with Crippen LogP contribution in [0.1, 0.15) is 5.56 Å². The van der Waals surface area contributed by atoms with E-state index in [4.69, 9.17) is 33.6 Å². The van der Waals surface area contributed by atoms with Gasteiger partial charge < -0.3 is 5.01 Å². The van der Waals surface area contributed by atoms with Gasteiger partial charge >= 0.3 is 0 Å². The van der Waals surface area contributed by atoms with Crippen molar-refractivity contribution in [3.63, 3.8) is 0 Å². The molecule has 2 aromatic carbocycles. The summed E-state index contributed by atoms with van der Waals surface area (Å²) >= 11 is 11.6. The number of hydrogen-bond acceptors (Lipinski definition) is 4. The van der Waals surface area contributed by atoms with Gasteiger partial charge in [0.05, 0.1) is 18.5 Å². The predicted octanol–water partition coefficient (Wildman–Crippen LogP) is 3.38. The molecule has 3 N–H and O–H groups in total. The molecule has 0 amide bonds. The number of nitrogens with zero attached hydrogens (tertiary/aromatic N) is 1. The molecule has 0 saturated carbocycles. The second-order valence-electron chi connectivity index (χ2n) is 4.46. The van der Waals surface area contributed by atoms with Gasteiger partial charge in [-0.3, -0.25) is 4.55 Å². The molecule has 2 rings (SSSR count). The number of rotatable bonds is 3. The van der Waals surface area contributed by atoms with E-state index in [1.165, 1.54) is 0 Å². The van der Waals surface area contributed by atoms with Gasteiger partial charge in [-0.25, -0.2) is 5.84 Å². The van der Waals surface area contributed by atoms with E-state index >= 15 is 0 Å². The third kappa shape index (κ3) is 8.21. The lowest BCUT2D eigenvalue weighted by molar-refractivity contribution is 0.490. The first-order chi connectivity index (χ1) is 10.1. The highest BCUT2D eigenvalue weighted by Gasteiger charge is 2.02. The predicted molar refractivity (Wildman–Crippen MR) is 90.7 cm³/mol. The van der Waals surface area contributed by atoms with E-state index in [0.29, 0.717) is 17.8 Å². The van der Waals surface area contributed by atoms with Crippen molar-refractivity contribution in [1.82, 2.24) is 0 Å². The van der Waals surface area contributed by atoms with E-state index in [-0.39, 0.29) is 0 Å². The minimum absolute atomic E-state index is 0.624. The van der Waals surface area contributed by atoms with Crippen LogP contribution in [0.25, 0.3) is 0 Å². The highest BCUT2D eigenvalue weighted by molar-refractivity contribution is 7.85. The van der Waals surface area contributed by atoms with E-state index in [9.17, 15) is 8.42 Å². The third-order valence-electron chi connectivity index (χ3n) is 2.42. The quantitative estimate of drug-likeness (QED) is 0.496. The first-order valence-electron chi connectivity index (χ1n) is 6.10. The largest absolute Gasteiger partial charge is 0.307 e. The number of hydrogen-bond donors (Lipinski definition) is 2. The summed E-state index contributed by atoms with van der Waals surface area (Å²) in [4.78, 5) is 0. The molecule has 0 heterocycles. The topological polar surface area (TPSA) is 83.6 Å². The molecule has 0 aliphatic rings. The van der Waals surface area contributed by atoms with Gasteiger partial charge in [0, 0.05) is 10.0 Å². The van der Waals surface area contributed by atoms with Crippen LogP contribution in [0.4, 0.5) is 5.69 Å². The van der Waals surface area contributed by atoms with Crippen LogP contribution < -0.4 is 10.9 Å². The van der Waals surface area contributed by atoms with Crippen molar-refractivity contribution in [2.24, 2.45) is 5.84 Å². The average Bonchev–Trinajstić information content (AvgIpc) is 2.40. The van der Waals surface area contributed by atoms with Gasteiger partial charge in [0.15, 0.2) is 0 Å². The molecule has 0 aromatic heterocycles. The highest BCUT2D eigenvalue weighted by Crippen LogP contribution is 2.18. The highest BCUT2D eigenvalue weighted by atomic mass is 35.5. The van der Waals surface area contributed by atoms with Gasteiger partial charge in [-0.15, -0.1) is 0 Å². The SMILES string of the molecule is CS(=O)(=O)O.NN(Cc1ccc(Cl)cc1)c1ccc(Cl)cc1. The van der Waals surface area contributed by atoms with Gasteiger partial charge in [-0.05, 0) is 42.0 Å². The Morgan fingerprint density at radius 2 is 1.36 bits per heavy atom. The minimum Gasteiger partial charge on any atom is -0.307 e. The lowest BCUT2D eigenvalue weighted by Gasteiger charge is -2.18. The zero-order valence-corrected chi connectivity index (χ0v) is 14.1. The summed E-state index contributed by atoms with van der Waals surface area (Å²) in [5, 5.41) is 3.09. The number of anilines is 1. The Labute approximate surface area is 140 Å². The first-order valence-corrected chi connectivity index (χ1v) is 8.70. The van der Waals surface area contributed by atoms with Crippen molar-refractivity contribution in [2.75, 3.05) is 11.3 Å². The Balaban J connectivity index is 0.000000422. The van der Waals surface area contributed by atoms with Crippen LogP contribution in [0.3, 0.4) is 0 Å². The lowest BCUT2D eigenvalue weighted by Crippen LogP contribution is -2.29. The van der Waals surface area contributed by atoms with E-state index in [0.717, 1.165) is 16.3 Å².